The van der Waals surface area contributed by atoms with Crippen molar-refractivity contribution in [1.82, 2.24) is 15.0 Å². The maximum Gasteiger partial charge on any atom is 0.171 e. The zero-order chi connectivity index (χ0) is 7.40. The van der Waals surface area contributed by atoms with Gasteiger partial charge < -0.3 is 5.53 Å². The average Bonchev–Trinajstić information content (AvgIpc) is 2.05. The summed E-state index contributed by atoms with van der Waals surface area (Å²) >= 11 is 5.25. The molecule has 0 N–H and O–H groups in total. The monoisotopic (exact) mass is 157 g/mol. The van der Waals surface area contributed by atoms with E-state index in [1.165, 1.54) is 12.7 Å². The van der Waals surface area contributed by atoms with E-state index in [-0.39, 0.29) is 5.95 Å². The molecule has 1 heterocycles. The van der Waals surface area contributed by atoms with Crippen LogP contribution in [0.3, 0.4) is 0 Å². The molecule has 1 aromatic rings. The first kappa shape index (κ1) is 6.81. The smallest absolute Gasteiger partial charge is 0.171 e. The van der Waals surface area contributed by atoms with Crippen LogP contribution < -0.4 is 4.53 Å². The normalized spacial score (nSPS) is 8.90. The molecule has 0 aromatic carbocycles. The summed E-state index contributed by atoms with van der Waals surface area (Å²) in [5, 5.41) is 2.60. The number of hydrogen-bond acceptors (Lipinski definition) is 4. The van der Waals surface area contributed by atoms with Crippen LogP contribution in [-0.4, -0.2) is 15.0 Å². The van der Waals surface area contributed by atoms with Crippen LogP contribution in [0.25, 0.3) is 5.53 Å². The Morgan fingerprint density at radius 2 is 2.10 bits per heavy atom. The molecule has 0 radical (unpaired) electrons. The van der Waals surface area contributed by atoms with E-state index in [0.717, 1.165) is 0 Å². The Morgan fingerprint density at radius 3 is 2.60 bits per heavy atom. The molecular weight excluding hydrogens is 156 g/mol. The fraction of sp³-hybridized carbons (Fsp3) is 0. The quantitative estimate of drug-likeness (QED) is 0.361. The zero-order valence-corrected chi connectivity index (χ0v) is 5.47. The maximum atomic E-state index is 8.11. The van der Waals surface area contributed by atoms with Crippen LogP contribution in [0.15, 0.2) is 17.9 Å². The highest BCUT2D eigenvalue weighted by Gasteiger charge is 1.91. The largest absolute Gasteiger partial charge is 0.360 e. The summed E-state index contributed by atoms with van der Waals surface area (Å²) < 4.78 is 0.599. The van der Waals surface area contributed by atoms with Gasteiger partial charge in [0.2, 0.25) is 0 Å². The summed E-state index contributed by atoms with van der Waals surface area (Å²) in [5.41, 5.74) is 8.11. The third-order valence-electron chi connectivity index (χ3n) is 0.723. The second-order valence-electron chi connectivity index (χ2n) is 1.29. The van der Waals surface area contributed by atoms with Crippen molar-refractivity contribution in [3.05, 3.63) is 18.2 Å². The molecule has 0 saturated carbocycles. The summed E-state index contributed by atoms with van der Waals surface area (Å²) in [6.45, 7) is 0. The SMILES string of the molecule is [N-]=NN(Cl)c1ncncn1. The van der Waals surface area contributed by atoms with E-state index >= 15 is 0 Å². The highest BCUT2D eigenvalue weighted by Crippen LogP contribution is 2.06. The lowest BCUT2D eigenvalue weighted by atomic mass is 11.0. The average molecular weight is 158 g/mol. The predicted octanol–water partition coefficient (Wildman–Crippen LogP) is 0.768. The molecule has 7 heteroatoms. The first-order valence-corrected chi connectivity index (χ1v) is 2.61. The van der Waals surface area contributed by atoms with Gasteiger partial charge in [0.05, 0.1) is 0 Å². The summed E-state index contributed by atoms with van der Waals surface area (Å²) in [4.78, 5) is 10.7. The molecule has 1 aromatic heterocycles. The molecule has 0 atom stereocenters. The lowest BCUT2D eigenvalue weighted by Gasteiger charge is -2.11. The molecule has 1 rings (SSSR count). The molecule has 0 bridgehead atoms. The van der Waals surface area contributed by atoms with Crippen LogP contribution in [0.4, 0.5) is 5.95 Å². The van der Waals surface area contributed by atoms with Gasteiger partial charge in [-0.3, -0.25) is 9.75 Å². The van der Waals surface area contributed by atoms with Gasteiger partial charge in [-0.1, -0.05) is 11.8 Å². The minimum Gasteiger partial charge on any atom is -0.360 e. The first-order chi connectivity index (χ1) is 4.84. The van der Waals surface area contributed by atoms with E-state index in [4.69, 9.17) is 17.3 Å². The van der Waals surface area contributed by atoms with Crippen LogP contribution in [0.5, 0.6) is 0 Å². The third kappa shape index (κ3) is 1.35. The molecule has 6 nitrogen and oxygen atoms in total. The molecule has 0 aliphatic rings. The number of rotatable bonds is 2. The second kappa shape index (κ2) is 3.02. The van der Waals surface area contributed by atoms with Crippen LogP contribution >= 0.6 is 11.8 Å². The Bertz CT molecular complexity index is 211. The molecular formula is C3H2ClN6-. The first-order valence-electron chi connectivity index (χ1n) is 2.27. The highest BCUT2D eigenvalue weighted by atomic mass is 35.5. The standard InChI is InChI=1S/C3H2ClN6/c4-10(9-5)3-7-1-6-2-8-3/h1-2H/q-1. The maximum absolute atomic E-state index is 8.11. The van der Waals surface area contributed by atoms with Crippen LogP contribution in [-0.2, 0) is 0 Å². The number of halogens is 1. The third-order valence-corrected chi connectivity index (χ3v) is 0.942. The minimum absolute atomic E-state index is 0.0687. The van der Waals surface area contributed by atoms with Gasteiger partial charge in [-0.15, -0.1) is 0 Å². The molecule has 0 spiro atoms. The number of nitrogens with zero attached hydrogens (tertiary/aromatic N) is 6. The Morgan fingerprint density at radius 1 is 1.50 bits per heavy atom. The summed E-state index contributed by atoms with van der Waals surface area (Å²) in [7, 11) is 0. The fourth-order valence-electron chi connectivity index (χ4n) is 0.368. The van der Waals surface area contributed by atoms with Crippen molar-refractivity contribution in [2.75, 3.05) is 4.53 Å². The van der Waals surface area contributed by atoms with Crippen molar-refractivity contribution >= 4 is 17.7 Å². The zero-order valence-electron chi connectivity index (χ0n) is 4.72. The van der Waals surface area contributed by atoms with Gasteiger partial charge in [0, 0.05) is 0 Å². The molecule has 0 aliphatic carbocycles. The Hall–Kier alpha value is -1.30. The Kier molecular flexibility index (Phi) is 2.06. The molecule has 0 unspecified atom stereocenters. The Labute approximate surface area is 61.5 Å². The van der Waals surface area contributed by atoms with Crippen molar-refractivity contribution < 1.29 is 0 Å². The van der Waals surface area contributed by atoms with E-state index in [9.17, 15) is 0 Å². The van der Waals surface area contributed by atoms with E-state index in [1.54, 1.807) is 0 Å². The lowest BCUT2D eigenvalue weighted by Crippen LogP contribution is -2.03. The van der Waals surface area contributed by atoms with Crippen LogP contribution in [0.2, 0.25) is 0 Å². The molecule has 52 valence electrons. The van der Waals surface area contributed by atoms with E-state index in [0.29, 0.717) is 4.53 Å². The molecule has 10 heavy (non-hydrogen) atoms. The van der Waals surface area contributed by atoms with Crippen LogP contribution in [0, 0.1) is 0 Å². The van der Waals surface area contributed by atoms with Gasteiger partial charge >= 0.3 is 0 Å². The number of anilines is 1. The van der Waals surface area contributed by atoms with Crippen molar-refractivity contribution in [2.24, 2.45) is 5.22 Å². The van der Waals surface area contributed by atoms with Crippen molar-refractivity contribution in [2.45, 2.75) is 0 Å². The Balaban J connectivity index is 2.84. The summed E-state index contributed by atoms with van der Waals surface area (Å²) in [5.74, 6) is 0.0687. The van der Waals surface area contributed by atoms with Gasteiger partial charge in [0.25, 0.3) is 0 Å². The number of hydrogen-bond donors (Lipinski definition) is 0. The van der Waals surface area contributed by atoms with Gasteiger partial charge in [-0.25, -0.2) is 15.0 Å². The molecule has 0 fully saturated rings. The minimum atomic E-state index is 0.0687. The van der Waals surface area contributed by atoms with Crippen molar-refractivity contribution in [3.63, 3.8) is 0 Å². The topological polar surface area (TPSA) is 76.6 Å². The van der Waals surface area contributed by atoms with E-state index in [1.807, 2.05) is 0 Å². The van der Waals surface area contributed by atoms with Crippen molar-refractivity contribution in [3.8, 4) is 0 Å². The second-order valence-corrected chi connectivity index (χ2v) is 1.61. The fourth-order valence-corrected chi connectivity index (χ4v) is 0.456. The van der Waals surface area contributed by atoms with Crippen molar-refractivity contribution in [1.29, 1.82) is 0 Å². The van der Waals surface area contributed by atoms with Gasteiger partial charge in [0.1, 0.15) is 12.7 Å². The van der Waals surface area contributed by atoms with Gasteiger partial charge in [0.15, 0.2) is 5.95 Å². The van der Waals surface area contributed by atoms with Gasteiger partial charge in [-0.05, 0) is 0 Å². The highest BCUT2D eigenvalue weighted by molar-refractivity contribution is 6.24. The molecule has 0 amide bonds. The summed E-state index contributed by atoms with van der Waals surface area (Å²) in [6.07, 6.45) is 2.48. The predicted molar refractivity (Wildman–Crippen MR) is 33.9 cm³/mol. The summed E-state index contributed by atoms with van der Waals surface area (Å²) in [6, 6.07) is 0. The molecule has 0 aliphatic heterocycles. The molecule has 0 saturated heterocycles. The van der Waals surface area contributed by atoms with Crippen LogP contribution in [0.1, 0.15) is 0 Å². The lowest BCUT2D eigenvalue weighted by molar-refractivity contribution is 0.978. The van der Waals surface area contributed by atoms with Gasteiger partial charge in [-0.2, -0.15) is 0 Å². The van der Waals surface area contributed by atoms with E-state index < -0.39 is 0 Å². The number of aromatic nitrogens is 3. The van der Waals surface area contributed by atoms with E-state index in [2.05, 4.69) is 20.2 Å².